The van der Waals surface area contributed by atoms with E-state index in [1.165, 1.54) is 11.1 Å². The summed E-state index contributed by atoms with van der Waals surface area (Å²) in [5.41, 5.74) is 5.41. The lowest BCUT2D eigenvalue weighted by Crippen LogP contribution is -2.03. The van der Waals surface area contributed by atoms with Crippen LogP contribution in [0.1, 0.15) is 34.1 Å². The molecule has 0 radical (unpaired) electrons. The Balaban J connectivity index is 2.75. The van der Waals surface area contributed by atoms with Crippen molar-refractivity contribution >= 4 is 21.9 Å². The summed E-state index contributed by atoms with van der Waals surface area (Å²) in [4.78, 5) is 11.2. The van der Waals surface area contributed by atoms with Crippen LogP contribution in [0.25, 0.3) is 11.3 Å². The van der Waals surface area contributed by atoms with Crippen molar-refractivity contribution < 1.29 is 9.90 Å². The first-order chi connectivity index (χ1) is 9.36. The number of aromatic nitrogens is 2. The van der Waals surface area contributed by atoms with Crippen molar-refractivity contribution in [2.75, 3.05) is 0 Å². The van der Waals surface area contributed by atoms with Crippen molar-refractivity contribution in [1.29, 1.82) is 0 Å². The highest BCUT2D eigenvalue weighted by Crippen LogP contribution is 2.34. The van der Waals surface area contributed by atoms with E-state index in [1.807, 2.05) is 13.8 Å². The van der Waals surface area contributed by atoms with Gasteiger partial charge in [0.25, 0.3) is 0 Å². The molecular weight excluding hydrogens is 320 g/mol. The molecule has 1 N–H and O–H groups in total. The van der Waals surface area contributed by atoms with Crippen molar-refractivity contribution in [2.45, 2.75) is 34.2 Å². The van der Waals surface area contributed by atoms with Crippen LogP contribution in [-0.2, 0) is 6.54 Å². The number of halogens is 1. The molecule has 0 spiro atoms. The number of carbonyl (C=O) groups is 1. The molecular formula is C15H17BrN2O2. The van der Waals surface area contributed by atoms with Crippen molar-refractivity contribution in [1.82, 2.24) is 9.78 Å². The molecule has 2 rings (SSSR count). The molecule has 106 valence electrons. The Bertz CT molecular complexity index is 690. The van der Waals surface area contributed by atoms with Crippen LogP contribution in [0.15, 0.2) is 16.6 Å². The van der Waals surface area contributed by atoms with E-state index in [1.54, 1.807) is 4.68 Å². The van der Waals surface area contributed by atoms with Crippen molar-refractivity contribution in [3.63, 3.8) is 0 Å². The Kier molecular flexibility index (Phi) is 3.99. The third-order valence-corrected chi connectivity index (χ3v) is 4.24. The van der Waals surface area contributed by atoms with Crippen LogP contribution in [0.2, 0.25) is 0 Å². The fourth-order valence-electron chi connectivity index (χ4n) is 2.28. The van der Waals surface area contributed by atoms with Gasteiger partial charge in [-0.3, -0.25) is 4.68 Å². The molecule has 0 saturated carbocycles. The zero-order valence-electron chi connectivity index (χ0n) is 12.0. The Morgan fingerprint density at radius 2 is 1.85 bits per heavy atom. The van der Waals surface area contributed by atoms with Crippen molar-refractivity contribution in [2.24, 2.45) is 0 Å². The molecule has 5 heteroatoms. The van der Waals surface area contributed by atoms with E-state index in [0.717, 1.165) is 16.8 Å². The second-order valence-electron chi connectivity index (χ2n) is 4.88. The monoisotopic (exact) mass is 336 g/mol. The van der Waals surface area contributed by atoms with Crippen LogP contribution in [0.3, 0.4) is 0 Å². The summed E-state index contributed by atoms with van der Waals surface area (Å²) >= 11 is 3.39. The molecule has 20 heavy (non-hydrogen) atoms. The molecule has 0 atom stereocenters. The van der Waals surface area contributed by atoms with Crippen LogP contribution in [0, 0.1) is 20.8 Å². The van der Waals surface area contributed by atoms with Crippen molar-refractivity contribution in [3.05, 3.63) is 39.0 Å². The normalized spacial score (nSPS) is 10.8. The van der Waals surface area contributed by atoms with Gasteiger partial charge in [0.05, 0.1) is 10.2 Å². The molecule has 0 amide bonds. The van der Waals surface area contributed by atoms with Crippen LogP contribution in [-0.4, -0.2) is 20.9 Å². The van der Waals surface area contributed by atoms with Crippen LogP contribution in [0.4, 0.5) is 0 Å². The molecule has 0 fully saturated rings. The minimum Gasteiger partial charge on any atom is -0.476 e. The predicted octanol–water partition coefficient (Wildman–Crippen LogP) is 3.96. The summed E-state index contributed by atoms with van der Waals surface area (Å²) in [5.74, 6) is -1.02. The number of benzene rings is 1. The lowest BCUT2D eigenvalue weighted by molar-refractivity contribution is 0.0688. The maximum absolute atomic E-state index is 11.2. The Morgan fingerprint density at radius 3 is 2.40 bits per heavy atom. The zero-order chi connectivity index (χ0) is 15.0. The smallest absolute Gasteiger partial charge is 0.357 e. The topological polar surface area (TPSA) is 55.1 Å². The van der Waals surface area contributed by atoms with Gasteiger partial charge < -0.3 is 5.11 Å². The highest BCUT2D eigenvalue weighted by atomic mass is 79.9. The fourth-order valence-corrected chi connectivity index (χ4v) is 2.95. The number of rotatable bonds is 3. The average Bonchev–Trinajstić information content (AvgIpc) is 2.71. The summed E-state index contributed by atoms with van der Waals surface area (Å²) < 4.78 is 2.27. The van der Waals surface area contributed by atoms with Gasteiger partial charge in [0.1, 0.15) is 0 Å². The first-order valence-corrected chi connectivity index (χ1v) is 7.23. The van der Waals surface area contributed by atoms with E-state index in [0.29, 0.717) is 11.0 Å². The number of aryl methyl sites for hydroxylation is 4. The van der Waals surface area contributed by atoms with Crippen LogP contribution in [0.5, 0.6) is 0 Å². The Morgan fingerprint density at radius 1 is 1.25 bits per heavy atom. The van der Waals surface area contributed by atoms with Gasteiger partial charge in [0.15, 0.2) is 5.69 Å². The molecule has 0 unspecified atom stereocenters. The molecule has 1 aromatic heterocycles. The summed E-state index contributed by atoms with van der Waals surface area (Å²) in [7, 11) is 0. The van der Waals surface area contributed by atoms with E-state index in [9.17, 15) is 9.90 Å². The summed E-state index contributed by atoms with van der Waals surface area (Å²) in [6.45, 7) is 8.72. The standard InChI is InChI=1S/C15H17BrN2O2/c1-5-18-14(12(16)13(17-18)15(19)20)11-7-9(3)8(2)6-10(11)4/h6-7H,5H2,1-4H3,(H,19,20). The summed E-state index contributed by atoms with van der Waals surface area (Å²) in [6.07, 6.45) is 0. The van der Waals surface area contributed by atoms with Gasteiger partial charge in [-0.25, -0.2) is 4.79 Å². The summed E-state index contributed by atoms with van der Waals surface area (Å²) in [6, 6.07) is 4.20. The number of carboxylic acid groups (broad SMARTS) is 1. The molecule has 1 heterocycles. The minimum atomic E-state index is -1.02. The first kappa shape index (κ1) is 14.8. The second kappa shape index (κ2) is 5.40. The van der Waals surface area contributed by atoms with Gasteiger partial charge >= 0.3 is 5.97 Å². The molecule has 0 aliphatic carbocycles. The highest BCUT2D eigenvalue weighted by Gasteiger charge is 2.22. The third-order valence-electron chi connectivity index (χ3n) is 3.49. The molecule has 1 aromatic carbocycles. The number of aromatic carboxylic acids is 1. The lowest BCUT2D eigenvalue weighted by Gasteiger charge is -2.12. The quantitative estimate of drug-likeness (QED) is 0.922. The van der Waals surface area contributed by atoms with E-state index < -0.39 is 5.97 Å². The Hall–Kier alpha value is -1.62. The van der Waals surface area contributed by atoms with Crippen molar-refractivity contribution in [3.8, 4) is 11.3 Å². The summed E-state index contributed by atoms with van der Waals surface area (Å²) in [5, 5.41) is 13.4. The molecule has 2 aromatic rings. The number of carboxylic acids is 1. The van der Waals surface area contributed by atoms with E-state index in [-0.39, 0.29) is 5.69 Å². The second-order valence-corrected chi connectivity index (χ2v) is 5.68. The largest absolute Gasteiger partial charge is 0.476 e. The number of hydrogen-bond acceptors (Lipinski definition) is 2. The molecule has 0 bridgehead atoms. The number of nitrogens with zero attached hydrogens (tertiary/aromatic N) is 2. The maximum Gasteiger partial charge on any atom is 0.357 e. The third kappa shape index (κ3) is 2.38. The fraction of sp³-hybridized carbons (Fsp3) is 0.333. The van der Waals surface area contributed by atoms with E-state index in [4.69, 9.17) is 0 Å². The van der Waals surface area contributed by atoms with Gasteiger partial charge in [0.2, 0.25) is 0 Å². The van der Waals surface area contributed by atoms with Gasteiger partial charge in [-0.05, 0) is 66.4 Å². The zero-order valence-corrected chi connectivity index (χ0v) is 13.6. The first-order valence-electron chi connectivity index (χ1n) is 6.44. The van der Waals surface area contributed by atoms with Gasteiger partial charge in [-0.1, -0.05) is 6.07 Å². The lowest BCUT2D eigenvalue weighted by atomic mass is 9.98. The molecule has 0 aliphatic heterocycles. The minimum absolute atomic E-state index is 0.0551. The van der Waals surface area contributed by atoms with E-state index >= 15 is 0 Å². The predicted molar refractivity (Wildman–Crippen MR) is 82.2 cm³/mol. The van der Waals surface area contributed by atoms with Crippen LogP contribution >= 0.6 is 15.9 Å². The van der Waals surface area contributed by atoms with E-state index in [2.05, 4.69) is 47.0 Å². The maximum atomic E-state index is 11.2. The molecule has 0 saturated heterocycles. The van der Waals surface area contributed by atoms with Gasteiger partial charge in [-0.2, -0.15) is 5.10 Å². The highest BCUT2D eigenvalue weighted by molar-refractivity contribution is 9.10. The Labute approximate surface area is 126 Å². The SMILES string of the molecule is CCn1nc(C(=O)O)c(Br)c1-c1cc(C)c(C)cc1C. The average molecular weight is 337 g/mol. The van der Waals surface area contributed by atoms with Crippen LogP contribution < -0.4 is 0 Å². The molecule has 4 nitrogen and oxygen atoms in total. The number of hydrogen-bond donors (Lipinski definition) is 1. The molecule has 0 aliphatic rings. The van der Waals surface area contributed by atoms with Gasteiger partial charge in [-0.15, -0.1) is 0 Å². The van der Waals surface area contributed by atoms with Gasteiger partial charge in [0, 0.05) is 12.1 Å².